The van der Waals surface area contributed by atoms with Crippen molar-refractivity contribution in [2.45, 2.75) is 31.0 Å². The van der Waals surface area contributed by atoms with Crippen LogP contribution >= 0.6 is 11.8 Å². The zero-order valence-electron chi connectivity index (χ0n) is 9.92. The summed E-state index contributed by atoms with van der Waals surface area (Å²) in [6.45, 7) is 6.83. The van der Waals surface area contributed by atoms with E-state index < -0.39 is 8.07 Å². The van der Waals surface area contributed by atoms with Crippen LogP contribution in [-0.2, 0) is 6.42 Å². The highest BCUT2D eigenvalue weighted by molar-refractivity contribution is 7.98. The second kappa shape index (κ2) is 5.44. The summed E-state index contributed by atoms with van der Waals surface area (Å²) in [4.78, 5) is 1.35. The van der Waals surface area contributed by atoms with Crippen LogP contribution in [-0.4, -0.2) is 14.3 Å². The van der Waals surface area contributed by atoms with Crippen LogP contribution in [0.5, 0.6) is 0 Å². The van der Waals surface area contributed by atoms with Gasteiger partial charge in [-0.05, 0) is 17.9 Å². The maximum absolute atomic E-state index is 3.40. The summed E-state index contributed by atoms with van der Waals surface area (Å²) in [5, 5.41) is 0. The molecule has 0 amide bonds. The molecule has 0 radical (unpaired) electrons. The van der Waals surface area contributed by atoms with E-state index in [1.165, 1.54) is 10.5 Å². The Morgan fingerprint density at radius 1 is 1.20 bits per heavy atom. The van der Waals surface area contributed by atoms with Crippen LogP contribution < -0.4 is 0 Å². The van der Waals surface area contributed by atoms with Crippen molar-refractivity contribution in [2.75, 3.05) is 6.26 Å². The smallest absolute Gasteiger partial charge is 0.129 e. The Hall–Kier alpha value is -0.653. The highest BCUT2D eigenvalue weighted by Gasteiger charge is 2.07. The van der Waals surface area contributed by atoms with Crippen molar-refractivity contribution in [1.29, 1.82) is 0 Å². The fraction of sp³-hybridized carbons (Fsp3) is 0.385. The van der Waals surface area contributed by atoms with Crippen molar-refractivity contribution < 1.29 is 0 Å². The molecule has 0 bridgehead atoms. The molecule has 0 saturated carbocycles. The molecule has 15 heavy (non-hydrogen) atoms. The first-order chi connectivity index (χ1) is 7.03. The standard InChI is InChI=1S/C13H18SSi/c1-14-13-10-6-5-8-12(13)9-7-11-15(2,3)4/h5-6,8,10H,9H2,1-4H3. The van der Waals surface area contributed by atoms with E-state index in [1.807, 2.05) is 0 Å². The lowest BCUT2D eigenvalue weighted by Crippen LogP contribution is -2.16. The Labute approximate surface area is 98.5 Å². The van der Waals surface area contributed by atoms with Crippen LogP contribution in [0, 0.1) is 11.5 Å². The molecule has 0 heterocycles. The molecule has 0 saturated heterocycles. The van der Waals surface area contributed by atoms with Gasteiger partial charge in [0.25, 0.3) is 0 Å². The molecule has 80 valence electrons. The van der Waals surface area contributed by atoms with Crippen LogP contribution in [0.25, 0.3) is 0 Å². The predicted octanol–water partition coefficient (Wildman–Crippen LogP) is 3.83. The molecule has 0 fully saturated rings. The zero-order valence-corrected chi connectivity index (χ0v) is 11.7. The van der Waals surface area contributed by atoms with E-state index in [9.17, 15) is 0 Å². The Bertz CT molecular complexity index is 380. The van der Waals surface area contributed by atoms with E-state index in [0.717, 1.165) is 6.42 Å². The lowest BCUT2D eigenvalue weighted by atomic mass is 10.2. The minimum atomic E-state index is -1.21. The molecule has 0 nitrogen and oxygen atoms in total. The fourth-order valence-electron chi connectivity index (χ4n) is 1.25. The van der Waals surface area contributed by atoms with E-state index in [2.05, 4.69) is 61.6 Å². The molecule has 0 unspecified atom stereocenters. The van der Waals surface area contributed by atoms with Gasteiger partial charge < -0.3 is 0 Å². The van der Waals surface area contributed by atoms with Crippen LogP contribution in [0.15, 0.2) is 29.2 Å². The topological polar surface area (TPSA) is 0 Å². The highest BCUT2D eigenvalue weighted by Crippen LogP contribution is 2.19. The first kappa shape index (κ1) is 12.4. The lowest BCUT2D eigenvalue weighted by Gasteiger charge is -2.05. The molecule has 0 aliphatic carbocycles. The van der Waals surface area contributed by atoms with Crippen molar-refractivity contribution in [2.24, 2.45) is 0 Å². The minimum Gasteiger partial charge on any atom is -0.132 e. The maximum atomic E-state index is 3.40. The molecule has 1 aromatic rings. The Kier molecular flexibility index (Phi) is 4.50. The third-order valence-electron chi connectivity index (χ3n) is 1.93. The van der Waals surface area contributed by atoms with Crippen molar-refractivity contribution in [3.63, 3.8) is 0 Å². The van der Waals surface area contributed by atoms with Gasteiger partial charge in [-0.3, -0.25) is 0 Å². The number of rotatable bonds is 2. The van der Waals surface area contributed by atoms with Gasteiger partial charge >= 0.3 is 0 Å². The van der Waals surface area contributed by atoms with Crippen LogP contribution in [0.1, 0.15) is 5.56 Å². The lowest BCUT2D eigenvalue weighted by molar-refractivity contribution is 1.21. The predicted molar refractivity (Wildman–Crippen MR) is 73.0 cm³/mol. The van der Waals surface area contributed by atoms with E-state index in [4.69, 9.17) is 0 Å². The average Bonchev–Trinajstić information content (AvgIpc) is 2.16. The first-order valence-electron chi connectivity index (χ1n) is 5.15. The molecule has 0 aromatic heterocycles. The molecule has 1 rings (SSSR count). The molecular weight excluding hydrogens is 216 g/mol. The van der Waals surface area contributed by atoms with Crippen molar-refractivity contribution in [3.05, 3.63) is 29.8 Å². The maximum Gasteiger partial charge on any atom is 0.129 e. The van der Waals surface area contributed by atoms with E-state index >= 15 is 0 Å². The third-order valence-corrected chi connectivity index (χ3v) is 3.70. The molecule has 2 heteroatoms. The average molecular weight is 234 g/mol. The fourth-order valence-corrected chi connectivity index (χ4v) is 2.49. The summed E-state index contributed by atoms with van der Waals surface area (Å²) in [5.74, 6) is 3.31. The molecule has 0 N–H and O–H groups in total. The van der Waals surface area contributed by atoms with Crippen molar-refractivity contribution >= 4 is 19.8 Å². The van der Waals surface area contributed by atoms with E-state index in [1.54, 1.807) is 11.8 Å². The Balaban J connectivity index is 2.76. The summed E-state index contributed by atoms with van der Waals surface area (Å²) < 4.78 is 0. The van der Waals surface area contributed by atoms with Crippen molar-refractivity contribution in [1.82, 2.24) is 0 Å². The molecule has 1 aromatic carbocycles. The molecular formula is C13H18SSi. The quantitative estimate of drug-likeness (QED) is 0.426. The monoisotopic (exact) mass is 234 g/mol. The largest absolute Gasteiger partial charge is 0.132 e. The second-order valence-corrected chi connectivity index (χ2v) is 10.1. The van der Waals surface area contributed by atoms with Crippen LogP contribution in [0.2, 0.25) is 19.6 Å². The number of hydrogen-bond acceptors (Lipinski definition) is 1. The number of thioether (sulfide) groups is 1. The summed E-state index contributed by atoms with van der Waals surface area (Å²) in [6, 6.07) is 8.51. The zero-order chi connectivity index (χ0) is 11.3. The summed E-state index contributed by atoms with van der Waals surface area (Å²) in [6.07, 6.45) is 3.01. The van der Waals surface area contributed by atoms with Crippen molar-refractivity contribution in [3.8, 4) is 11.5 Å². The van der Waals surface area contributed by atoms with Crippen LogP contribution in [0.4, 0.5) is 0 Å². The van der Waals surface area contributed by atoms with Gasteiger partial charge in [0.2, 0.25) is 0 Å². The molecule has 0 aliphatic heterocycles. The first-order valence-corrected chi connectivity index (χ1v) is 9.87. The van der Waals surface area contributed by atoms with E-state index in [0.29, 0.717) is 0 Å². The van der Waals surface area contributed by atoms with E-state index in [-0.39, 0.29) is 0 Å². The SMILES string of the molecule is CSc1ccccc1CC#C[Si](C)(C)C. The summed E-state index contributed by atoms with van der Waals surface area (Å²) >= 11 is 1.80. The Morgan fingerprint density at radius 3 is 2.47 bits per heavy atom. The van der Waals surface area contributed by atoms with Gasteiger partial charge in [-0.15, -0.1) is 23.2 Å². The van der Waals surface area contributed by atoms with Gasteiger partial charge in [-0.25, -0.2) is 0 Å². The van der Waals surface area contributed by atoms with Crippen LogP contribution in [0.3, 0.4) is 0 Å². The third kappa shape index (κ3) is 4.59. The summed E-state index contributed by atoms with van der Waals surface area (Å²) in [7, 11) is -1.21. The normalized spacial score (nSPS) is 10.7. The number of benzene rings is 1. The van der Waals surface area contributed by atoms with Gasteiger partial charge in [0.05, 0.1) is 0 Å². The molecule has 0 aliphatic rings. The van der Waals surface area contributed by atoms with Gasteiger partial charge in [-0.1, -0.05) is 37.8 Å². The minimum absolute atomic E-state index is 0.890. The highest BCUT2D eigenvalue weighted by atomic mass is 32.2. The Morgan fingerprint density at radius 2 is 1.87 bits per heavy atom. The second-order valence-electron chi connectivity index (χ2n) is 4.54. The van der Waals surface area contributed by atoms with Gasteiger partial charge in [0.15, 0.2) is 0 Å². The number of hydrogen-bond donors (Lipinski definition) is 0. The molecule has 0 spiro atoms. The summed E-state index contributed by atoms with van der Waals surface area (Å²) in [5.41, 5.74) is 4.76. The van der Waals surface area contributed by atoms with Gasteiger partial charge in [0, 0.05) is 11.3 Å². The molecule has 0 atom stereocenters. The van der Waals surface area contributed by atoms with Gasteiger partial charge in [-0.2, -0.15) is 0 Å². The van der Waals surface area contributed by atoms with Gasteiger partial charge in [0.1, 0.15) is 8.07 Å².